The number of benzene rings is 2. The third-order valence-corrected chi connectivity index (χ3v) is 4.38. The van der Waals surface area contributed by atoms with Gasteiger partial charge in [0.15, 0.2) is 0 Å². The maximum absolute atomic E-state index is 12.6. The molecule has 1 atom stereocenters. The van der Waals surface area contributed by atoms with E-state index in [0.717, 1.165) is 11.3 Å². The van der Waals surface area contributed by atoms with Crippen LogP contribution in [0.15, 0.2) is 54.6 Å². The highest BCUT2D eigenvalue weighted by Gasteiger charge is 2.24. The van der Waals surface area contributed by atoms with Gasteiger partial charge < -0.3 is 16.0 Å². The lowest BCUT2D eigenvalue weighted by Crippen LogP contribution is -2.50. The number of amides is 3. The molecule has 5 heteroatoms. The number of carbonyl (C=O) groups is 2. The Bertz CT molecular complexity index is 740. The molecule has 144 valence electrons. The first-order chi connectivity index (χ1) is 12.9. The van der Waals surface area contributed by atoms with Crippen LogP contribution in [0, 0.1) is 5.92 Å². The van der Waals surface area contributed by atoms with Gasteiger partial charge in [-0.1, -0.05) is 70.2 Å². The van der Waals surface area contributed by atoms with Gasteiger partial charge in [0, 0.05) is 12.2 Å². The number of hydrogen-bond acceptors (Lipinski definition) is 2. The highest BCUT2D eigenvalue weighted by Crippen LogP contribution is 2.17. The molecule has 0 saturated carbocycles. The van der Waals surface area contributed by atoms with Crippen molar-refractivity contribution in [1.82, 2.24) is 10.6 Å². The van der Waals surface area contributed by atoms with E-state index in [1.165, 1.54) is 5.56 Å². The van der Waals surface area contributed by atoms with Crippen LogP contribution in [0.1, 0.15) is 44.7 Å². The van der Waals surface area contributed by atoms with Crippen LogP contribution < -0.4 is 16.0 Å². The summed E-state index contributed by atoms with van der Waals surface area (Å²) in [6.07, 6.45) is 0. The minimum atomic E-state index is -0.620. The van der Waals surface area contributed by atoms with Gasteiger partial charge in [0.25, 0.3) is 0 Å². The van der Waals surface area contributed by atoms with Crippen molar-refractivity contribution in [2.75, 3.05) is 5.32 Å². The summed E-state index contributed by atoms with van der Waals surface area (Å²) in [7, 11) is 0. The van der Waals surface area contributed by atoms with Crippen molar-refractivity contribution in [3.05, 3.63) is 65.7 Å². The van der Waals surface area contributed by atoms with Crippen molar-refractivity contribution < 1.29 is 9.59 Å². The summed E-state index contributed by atoms with van der Waals surface area (Å²) < 4.78 is 0. The average Bonchev–Trinajstić information content (AvgIpc) is 2.65. The number of rotatable bonds is 7. The number of hydrogen-bond donors (Lipinski definition) is 3. The summed E-state index contributed by atoms with van der Waals surface area (Å²) in [5.41, 5.74) is 2.94. The molecule has 0 aliphatic carbocycles. The molecule has 0 aliphatic rings. The van der Waals surface area contributed by atoms with Gasteiger partial charge in [-0.2, -0.15) is 0 Å². The van der Waals surface area contributed by atoms with E-state index in [1.54, 1.807) is 0 Å². The summed E-state index contributed by atoms with van der Waals surface area (Å²) in [5.74, 6) is 0.174. The van der Waals surface area contributed by atoms with E-state index in [2.05, 4.69) is 29.8 Å². The van der Waals surface area contributed by atoms with Crippen LogP contribution in [-0.4, -0.2) is 18.0 Å². The van der Waals surface area contributed by atoms with E-state index in [0.29, 0.717) is 12.5 Å². The normalized spacial score (nSPS) is 11.9. The first kappa shape index (κ1) is 20.5. The quantitative estimate of drug-likeness (QED) is 0.684. The molecule has 0 radical (unpaired) electrons. The number of urea groups is 1. The fraction of sp³-hybridized carbons (Fsp3) is 0.364. The second-order valence-electron chi connectivity index (χ2n) is 7.30. The van der Waals surface area contributed by atoms with Gasteiger partial charge in [0.05, 0.1) is 0 Å². The molecule has 2 aromatic carbocycles. The Kier molecular flexibility index (Phi) is 7.41. The van der Waals surface area contributed by atoms with Gasteiger partial charge in [0.1, 0.15) is 6.04 Å². The molecule has 0 fully saturated rings. The van der Waals surface area contributed by atoms with Gasteiger partial charge >= 0.3 is 6.03 Å². The molecule has 1 unspecified atom stereocenters. The Hall–Kier alpha value is -2.82. The molecular formula is C22H29N3O2. The standard InChI is InChI=1S/C22H29N3O2/c1-15(2)18-10-12-19(13-11-18)24-21(26)20(16(3)4)25-22(27)23-14-17-8-6-5-7-9-17/h5-13,15-16,20H,14H2,1-4H3,(H,24,26)(H2,23,25,27). The van der Waals surface area contributed by atoms with Crippen molar-refractivity contribution >= 4 is 17.6 Å². The van der Waals surface area contributed by atoms with Crippen molar-refractivity contribution in [2.45, 2.75) is 46.2 Å². The minimum Gasteiger partial charge on any atom is -0.334 e. The van der Waals surface area contributed by atoms with Crippen LogP contribution in [0.2, 0.25) is 0 Å². The van der Waals surface area contributed by atoms with Gasteiger partial charge in [-0.15, -0.1) is 0 Å². The largest absolute Gasteiger partial charge is 0.334 e. The van der Waals surface area contributed by atoms with Gasteiger partial charge in [-0.25, -0.2) is 4.79 Å². The zero-order chi connectivity index (χ0) is 19.8. The lowest BCUT2D eigenvalue weighted by Gasteiger charge is -2.22. The molecule has 0 bridgehead atoms. The third-order valence-electron chi connectivity index (χ3n) is 4.38. The molecule has 0 heterocycles. The Morgan fingerprint density at radius 1 is 0.889 bits per heavy atom. The zero-order valence-electron chi connectivity index (χ0n) is 16.5. The molecule has 0 aromatic heterocycles. The molecule has 2 rings (SSSR count). The highest BCUT2D eigenvalue weighted by molar-refractivity contribution is 5.97. The smallest absolute Gasteiger partial charge is 0.315 e. The molecule has 2 aromatic rings. The van der Waals surface area contributed by atoms with Crippen molar-refractivity contribution in [3.63, 3.8) is 0 Å². The molecule has 3 amide bonds. The predicted octanol–water partition coefficient (Wildman–Crippen LogP) is 4.27. The fourth-order valence-corrected chi connectivity index (χ4v) is 2.68. The lowest BCUT2D eigenvalue weighted by molar-refractivity contribution is -0.118. The van der Waals surface area contributed by atoms with Crippen LogP contribution in [-0.2, 0) is 11.3 Å². The summed E-state index contributed by atoms with van der Waals surface area (Å²) in [6, 6.07) is 16.5. The molecule has 5 nitrogen and oxygen atoms in total. The number of anilines is 1. The topological polar surface area (TPSA) is 70.2 Å². The highest BCUT2D eigenvalue weighted by atomic mass is 16.2. The number of nitrogens with one attached hydrogen (secondary N) is 3. The van der Waals surface area contributed by atoms with Crippen LogP contribution in [0.25, 0.3) is 0 Å². The van der Waals surface area contributed by atoms with Gasteiger partial charge in [0.2, 0.25) is 5.91 Å². The Labute approximate surface area is 161 Å². The maximum Gasteiger partial charge on any atom is 0.315 e. The van der Waals surface area contributed by atoms with E-state index in [9.17, 15) is 9.59 Å². The predicted molar refractivity (Wildman–Crippen MR) is 110 cm³/mol. The van der Waals surface area contributed by atoms with E-state index in [-0.39, 0.29) is 17.9 Å². The van der Waals surface area contributed by atoms with Crippen molar-refractivity contribution in [3.8, 4) is 0 Å². The number of carbonyl (C=O) groups excluding carboxylic acids is 2. The van der Waals surface area contributed by atoms with Crippen LogP contribution in [0.5, 0.6) is 0 Å². The molecule has 0 saturated heterocycles. The molecule has 3 N–H and O–H groups in total. The van der Waals surface area contributed by atoms with Crippen LogP contribution in [0.4, 0.5) is 10.5 Å². The lowest BCUT2D eigenvalue weighted by atomic mass is 10.0. The summed E-state index contributed by atoms with van der Waals surface area (Å²) in [6.45, 7) is 8.48. The Balaban J connectivity index is 1.92. The monoisotopic (exact) mass is 367 g/mol. The second-order valence-corrected chi connectivity index (χ2v) is 7.30. The first-order valence-corrected chi connectivity index (χ1v) is 9.36. The van der Waals surface area contributed by atoms with Crippen molar-refractivity contribution in [2.24, 2.45) is 5.92 Å². The third kappa shape index (κ3) is 6.44. The molecule has 0 aliphatic heterocycles. The molecule has 0 spiro atoms. The Morgan fingerprint density at radius 3 is 2.07 bits per heavy atom. The summed E-state index contributed by atoms with van der Waals surface area (Å²) in [4.78, 5) is 24.8. The van der Waals surface area contributed by atoms with E-state index in [4.69, 9.17) is 0 Å². The SMILES string of the molecule is CC(C)c1ccc(NC(=O)C(NC(=O)NCc2ccccc2)C(C)C)cc1. The summed E-state index contributed by atoms with van der Waals surface area (Å²) in [5, 5.41) is 8.45. The minimum absolute atomic E-state index is 0.0394. The van der Waals surface area contributed by atoms with Crippen LogP contribution >= 0.6 is 0 Å². The average molecular weight is 367 g/mol. The fourth-order valence-electron chi connectivity index (χ4n) is 2.68. The van der Waals surface area contributed by atoms with E-state index < -0.39 is 6.04 Å². The van der Waals surface area contributed by atoms with Gasteiger partial charge in [-0.05, 0) is 35.1 Å². The maximum atomic E-state index is 12.6. The molecular weight excluding hydrogens is 338 g/mol. The Morgan fingerprint density at radius 2 is 1.52 bits per heavy atom. The second kappa shape index (κ2) is 9.76. The van der Waals surface area contributed by atoms with E-state index in [1.807, 2.05) is 68.4 Å². The zero-order valence-corrected chi connectivity index (χ0v) is 16.5. The van der Waals surface area contributed by atoms with Gasteiger partial charge in [-0.3, -0.25) is 4.79 Å². The first-order valence-electron chi connectivity index (χ1n) is 9.36. The summed E-state index contributed by atoms with van der Waals surface area (Å²) >= 11 is 0. The van der Waals surface area contributed by atoms with Crippen molar-refractivity contribution in [1.29, 1.82) is 0 Å². The molecule has 27 heavy (non-hydrogen) atoms. The van der Waals surface area contributed by atoms with E-state index >= 15 is 0 Å². The van der Waals surface area contributed by atoms with Crippen LogP contribution in [0.3, 0.4) is 0 Å².